The number of hydrogen-bond donors (Lipinski definition) is 0. The van der Waals surface area contributed by atoms with Crippen LogP contribution in [-0.2, 0) is 33.8 Å². The van der Waals surface area contributed by atoms with Crippen LogP contribution in [0.2, 0.25) is 0 Å². The van der Waals surface area contributed by atoms with Crippen LogP contribution in [0.5, 0.6) is 0 Å². The third kappa shape index (κ3) is 2.42. The average Bonchev–Trinajstić information content (AvgIpc) is 2.86. The second-order valence-electron chi connectivity index (χ2n) is 5.30. The summed E-state index contributed by atoms with van der Waals surface area (Å²) in [6.07, 6.45) is 1.19. The molecule has 4 heteroatoms. The molecule has 1 aliphatic heterocycles. The van der Waals surface area contributed by atoms with Crippen molar-refractivity contribution in [3.05, 3.63) is 33.4 Å². The van der Waals surface area contributed by atoms with Gasteiger partial charge in [-0.1, -0.05) is 0 Å². The number of fused-ring (bicyclic) bond motifs is 1. The first-order valence-electron chi connectivity index (χ1n) is 6.94. The first-order valence-corrected chi connectivity index (χ1v) is 6.94. The molecular formula is C16H21NO3. The van der Waals surface area contributed by atoms with E-state index in [1.54, 1.807) is 4.90 Å². The van der Waals surface area contributed by atoms with Crippen molar-refractivity contribution in [2.75, 3.05) is 6.61 Å². The maximum absolute atomic E-state index is 11.8. The minimum atomic E-state index is -0.191. The zero-order valence-corrected chi connectivity index (χ0v) is 12.6. The summed E-state index contributed by atoms with van der Waals surface area (Å²) in [5, 5.41) is 0. The van der Waals surface area contributed by atoms with Crippen molar-refractivity contribution in [2.24, 2.45) is 0 Å². The lowest BCUT2D eigenvalue weighted by Crippen LogP contribution is -2.13. The molecule has 0 atom stereocenters. The molecule has 0 spiro atoms. The van der Waals surface area contributed by atoms with Crippen LogP contribution in [0.25, 0.3) is 0 Å². The third-order valence-electron chi connectivity index (χ3n) is 4.24. The number of esters is 1. The normalized spacial score (nSPS) is 13.3. The van der Waals surface area contributed by atoms with Gasteiger partial charge in [-0.3, -0.25) is 9.59 Å². The molecule has 0 bridgehead atoms. The molecule has 0 aliphatic carbocycles. The van der Waals surface area contributed by atoms with E-state index in [2.05, 4.69) is 6.92 Å². The lowest BCUT2D eigenvalue weighted by molar-refractivity contribution is -0.142. The van der Waals surface area contributed by atoms with Gasteiger partial charge in [-0.2, -0.15) is 0 Å². The SMILES string of the molecule is CCOC(=O)Cc1c(C)c(C)c2c(c1C)CN(C=O)C2. The standard InChI is InChI=1S/C16H21NO3/c1-5-20-16(19)6-13-10(2)11(3)14-7-17(9-18)8-15(14)12(13)4/h9H,5-8H2,1-4H3. The summed E-state index contributed by atoms with van der Waals surface area (Å²) in [6.45, 7) is 9.67. The van der Waals surface area contributed by atoms with Gasteiger partial charge in [0, 0.05) is 13.1 Å². The minimum absolute atomic E-state index is 0.191. The monoisotopic (exact) mass is 275 g/mol. The lowest BCUT2D eigenvalue weighted by Gasteiger charge is -2.17. The predicted octanol–water partition coefficient (Wildman–Crippen LogP) is 2.19. The quantitative estimate of drug-likeness (QED) is 0.625. The Hall–Kier alpha value is -1.84. The molecule has 108 valence electrons. The molecule has 0 N–H and O–H groups in total. The van der Waals surface area contributed by atoms with Crippen LogP contribution < -0.4 is 0 Å². The predicted molar refractivity (Wildman–Crippen MR) is 76.3 cm³/mol. The van der Waals surface area contributed by atoms with Crippen molar-refractivity contribution in [2.45, 2.75) is 47.2 Å². The zero-order chi connectivity index (χ0) is 14.9. The van der Waals surface area contributed by atoms with Crippen molar-refractivity contribution in [3.8, 4) is 0 Å². The molecule has 4 nitrogen and oxygen atoms in total. The van der Waals surface area contributed by atoms with E-state index in [1.165, 1.54) is 16.7 Å². The number of carbonyl (C=O) groups excluding carboxylic acids is 2. The molecule has 0 fully saturated rings. The summed E-state index contributed by atoms with van der Waals surface area (Å²) in [5.41, 5.74) is 6.93. The van der Waals surface area contributed by atoms with Crippen molar-refractivity contribution in [1.29, 1.82) is 0 Å². The second kappa shape index (κ2) is 5.65. The fourth-order valence-corrected chi connectivity index (χ4v) is 2.95. The van der Waals surface area contributed by atoms with Crippen molar-refractivity contribution < 1.29 is 14.3 Å². The molecule has 0 unspecified atom stereocenters. The van der Waals surface area contributed by atoms with Crippen LogP contribution in [0.1, 0.15) is 40.3 Å². The number of benzene rings is 1. The number of hydrogen-bond acceptors (Lipinski definition) is 3. The largest absolute Gasteiger partial charge is 0.466 e. The summed E-state index contributed by atoms with van der Waals surface area (Å²) in [7, 11) is 0. The summed E-state index contributed by atoms with van der Waals surface area (Å²) in [4.78, 5) is 24.5. The van der Waals surface area contributed by atoms with Gasteiger partial charge in [-0.15, -0.1) is 0 Å². The molecule has 0 saturated heterocycles. The van der Waals surface area contributed by atoms with Crippen LogP contribution in [0.3, 0.4) is 0 Å². The molecule has 0 saturated carbocycles. The third-order valence-corrected chi connectivity index (χ3v) is 4.24. The molecule has 1 amide bonds. The smallest absolute Gasteiger partial charge is 0.310 e. The van der Waals surface area contributed by atoms with E-state index in [9.17, 15) is 9.59 Å². The highest BCUT2D eigenvalue weighted by Crippen LogP contribution is 2.33. The molecule has 1 aromatic rings. The molecular weight excluding hydrogens is 254 g/mol. The van der Waals surface area contributed by atoms with Crippen molar-refractivity contribution in [3.63, 3.8) is 0 Å². The van der Waals surface area contributed by atoms with Gasteiger partial charge >= 0.3 is 5.97 Å². The number of nitrogens with zero attached hydrogens (tertiary/aromatic N) is 1. The van der Waals surface area contributed by atoms with Crippen LogP contribution in [0, 0.1) is 20.8 Å². The Bertz CT molecular complexity index is 564. The molecule has 2 rings (SSSR count). The van der Waals surface area contributed by atoms with E-state index in [4.69, 9.17) is 4.74 Å². The highest BCUT2D eigenvalue weighted by Gasteiger charge is 2.25. The maximum atomic E-state index is 11.8. The van der Waals surface area contributed by atoms with Crippen molar-refractivity contribution >= 4 is 12.4 Å². The van der Waals surface area contributed by atoms with Gasteiger partial charge in [0.15, 0.2) is 0 Å². The number of ether oxygens (including phenoxy) is 1. The van der Waals surface area contributed by atoms with Gasteiger partial charge in [0.25, 0.3) is 0 Å². The highest BCUT2D eigenvalue weighted by molar-refractivity contribution is 5.74. The van der Waals surface area contributed by atoms with Gasteiger partial charge in [0.2, 0.25) is 6.41 Å². The Morgan fingerprint density at radius 3 is 2.30 bits per heavy atom. The summed E-state index contributed by atoms with van der Waals surface area (Å²) >= 11 is 0. The van der Waals surface area contributed by atoms with Crippen LogP contribution in [0.4, 0.5) is 0 Å². The summed E-state index contributed by atoms with van der Waals surface area (Å²) < 4.78 is 5.05. The van der Waals surface area contributed by atoms with E-state index in [-0.39, 0.29) is 5.97 Å². The minimum Gasteiger partial charge on any atom is -0.466 e. The fourth-order valence-electron chi connectivity index (χ4n) is 2.95. The molecule has 1 aliphatic rings. The van der Waals surface area contributed by atoms with E-state index in [1.807, 2.05) is 20.8 Å². The maximum Gasteiger partial charge on any atom is 0.310 e. The van der Waals surface area contributed by atoms with Gasteiger partial charge in [0.05, 0.1) is 13.0 Å². The Morgan fingerprint density at radius 1 is 1.15 bits per heavy atom. The second-order valence-corrected chi connectivity index (χ2v) is 5.30. The Labute approximate surface area is 119 Å². The fraction of sp³-hybridized carbons (Fsp3) is 0.500. The molecule has 1 aromatic carbocycles. The molecule has 1 heterocycles. The first-order chi connectivity index (χ1) is 9.49. The topological polar surface area (TPSA) is 46.6 Å². The van der Waals surface area contributed by atoms with E-state index < -0.39 is 0 Å². The Morgan fingerprint density at radius 2 is 1.75 bits per heavy atom. The number of carbonyl (C=O) groups is 2. The number of rotatable bonds is 4. The highest BCUT2D eigenvalue weighted by atomic mass is 16.5. The van der Waals surface area contributed by atoms with E-state index in [0.29, 0.717) is 26.1 Å². The first kappa shape index (κ1) is 14.6. The van der Waals surface area contributed by atoms with Crippen LogP contribution in [0.15, 0.2) is 0 Å². The zero-order valence-electron chi connectivity index (χ0n) is 12.6. The van der Waals surface area contributed by atoms with Crippen LogP contribution in [-0.4, -0.2) is 23.9 Å². The molecule has 0 aromatic heterocycles. The summed E-state index contributed by atoms with van der Waals surface area (Å²) in [5.74, 6) is -0.191. The van der Waals surface area contributed by atoms with Crippen LogP contribution >= 0.6 is 0 Å². The van der Waals surface area contributed by atoms with E-state index in [0.717, 1.165) is 23.1 Å². The lowest BCUT2D eigenvalue weighted by atomic mass is 9.88. The molecule has 20 heavy (non-hydrogen) atoms. The Balaban J connectivity index is 2.43. The van der Waals surface area contributed by atoms with Gasteiger partial charge < -0.3 is 9.64 Å². The van der Waals surface area contributed by atoms with Gasteiger partial charge in [-0.05, 0) is 61.1 Å². The van der Waals surface area contributed by atoms with E-state index >= 15 is 0 Å². The molecule has 0 radical (unpaired) electrons. The van der Waals surface area contributed by atoms with Gasteiger partial charge in [-0.25, -0.2) is 0 Å². The Kier molecular flexibility index (Phi) is 4.12. The number of amides is 1. The summed E-state index contributed by atoms with van der Waals surface area (Å²) in [6, 6.07) is 0. The average molecular weight is 275 g/mol. The van der Waals surface area contributed by atoms with Crippen molar-refractivity contribution in [1.82, 2.24) is 4.90 Å². The van der Waals surface area contributed by atoms with Gasteiger partial charge in [0.1, 0.15) is 0 Å².